The molecule has 0 spiro atoms. The van der Waals surface area contributed by atoms with E-state index in [1.54, 1.807) is 0 Å². The van der Waals surface area contributed by atoms with Crippen LogP contribution in [0.15, 0.2) is 12.8 Å². The Hall–Kier alpha value is -0.310. The van der Waals surface area contributed by atoms with Gasteiger partial charge >= 0.3 is 0 Å². The monoisotopic (exact) mass is 145 g/mol. The van der Waals surface area contributed by atoms with Gasteiger partial charge in [0.2, 0.25) is 0 Å². The molecule has 0 bridgehead atoms. The molecule has 1 rings (SSSR count). The van der Waals surface area contributed by atoms with Crippen LogP contribution in [0.3, 0.4) is 0 Å². The molecule has 0 aromatic carbocycles. The van der Waals surface area contributed by atoms with Crippen molar-refractivity contribution < 1.29 is 4.21 Å². The molecule has 1 fully saturated rings. The van der Waals surface area contributed by atoms with E-state index < -0.39 is 10.8 Å². The highest BCUT2D eigenvalue weighted by molar-refractivity contribution is 7.85. The Labute approximate surface area is 58.0 Å². The summed E-state index contributed by atoms with van der Waals surface area (Å²) in [7, 11) is -0.552. The molecule has 0 aliphatic carbocycles. The van der Waals surface area contributed by atoms with Gasteiger partial charge in [-0.05, 0) is 6.20 Å². The predicted molar refractivity (Wildman–Crippen MR) is 39.6 cm³/mol. The number of hydrogen-bond acceptors (Lipinski definition) is 2. The normalized spacial score (nSPS) is 22.0. The lowest BCUT2D eigenvalue weighted by Crippen LogP contribution is -2.33. The number of nitrogens with zero attached hydrogens (tertiary/aromatic N) is 1. The third-order valence-corrected chi connectivity index (χ3v) is 2.75. The van der Waals surface area contributed by atoms with Crippen LogP contribution in [0, 0.1) is 0 Å². The molecule has 1 aliphatic heterocycles. The van der Waals surface area contributed by atoms with Crippen LogP contribution in [-0.2, 0) is 10.8 Å². The van der Waals surface area contributed by atoms with Gasteiger partial charge in [0, 0.05) is 35.4 Å². The van der Waals surface area contributed by atoms with Gasteiger partial charge in [-0.3, -0.25) is 4.21 Å². The highest BCUT2D eigenvalue weighted by Crippen LogP contribution is 1.98. The Bertz CT molecular complexity index is 125. The van der Waals surface area contributed by atoms with Crippen molar-refractivity contribution in [3.63, 3.8) is 0 Å². The maximum Gasteiger partial charge on any atom is 0.0411 e. The van der Waals surface area contributed by atoms with Gasteiger partial charge in [0.1, 0.15) is 0 Å². The van der Waals surface area contributed by atoms with Crippen LogP contribution >= 0.6 is 0 Å². The molecule has 3 heteroatoms. The molecular weight excluding hydrogens is 134 g/mol. The molecule has 0 N–H and O–H groups in total. The zero-order valence-corrected chi connectivity index (χ0v) is 6.19. The van der Waals surface area contributed by atoms with Crippen LogP contribution in [0.4, 0.5) is 0 Å². The van der Waals surface area contributed by atoms with Gasteiger partial charge in [-0.25, -0.2) is 0 Å². The molecule has 0 amide bonds. The fourth-order valence-corrected chi connectivity index (χ4v) is 1.91. The molecule has 1 heterocycles. The fourth-order valence-electron chi connectivity index (χ4n) is 0.835. The van der Waals surface area contributed by atoms with Gasteiger partial charge in [0.25, 0.3) is 0 Å². The molecule has 0 aromatic heterocycles. The Kier molecular flexibility index (Phi) is 2.28. The van der Waals surface area contributed by atoms with Gasteiger partial charge in [0.15, 0.2) is 0 Å². The van der Waals surface area contributed by atoms with Gasteiger partial charge in [-0.1, -0.05) is 6.58 Å². The lowest BCUT2D eigenvalue weighted by atomic mass is 10.5. The summed E-state index contributed by atoms with van der Waals surface area (Å²) >= 11 is 0. The summed E-state index contributed by atoms with van der Waals surface area (Å²) in [5, 5.41) is 0. The van der Waals surface area contributed by atoms with Gasteiger partial charge in [-0.15, -0.1) is 0 Å². The van der Waals surface area contributed by atoms with Crippen LogP contribution in [0.25, 0.3) is 0 Å². The molecule has 2 nitrogen and oxygen atoms in total. The largest absolute Gasteiger partial charge is 0.376 e. The maximum absolute atomic E-state index is 10.8. The quantitative estimate of drug-likeness (QED) is 0.525. The van der Waals surface area contributed by atoms with E-state index >= 15 is 0 Å². The van der Waals surface area contributed by atoms with E-state index in [9.17, 15) is 4.21 Å². The molecular formula is C6H11NOS. The highest BCUT2D eigenvalue weighted by Gasteiger charge is 2.10. The first-order chi connectivity index (χ1) is 4.33. The third kappa shape index (κ3) is 1.82. The second-order valence-electron chi connectivity index (χ2n) is 2.07. The molecule has 52 valence electrons. The Balaban J connectivity index is 2.34. The molecule has 0 atom stereocenters. The van der Waals surface area contributed by atoms with Crippen molar-refractivity contribution in [1.82, 2.24) is 4.90 Å². The van der Waals surface area contributed by atoms with E-state index in [0.29, 0.717) is 0 Å². The SMILES string of the molecule is C=CN1CCS(=O)CC1. The minimum Gasteiger partial charge on any atom is -0.376 e. The lowest BCUT2D eigenvalue weighted by Gasteiger charge is -2.23. The average molecular weight is 145 g/mol. The van der Waals surface area contributed by atoms with E-state index in [0.717, 1.165) is 24.6 Å². The summed E-state index contributed by atoms with van der Waals surface area (Å²) in [4.78, 5) is 2.10. The molecule has 0 unspecified atom stereocenters. The van der Waals surface area contributed by atoms with Crippen LogP contribution in [0.2, 0.25) is 0 Å². The van der Waals surface area contributed by atoms with Crippen molar-refractivity contribution >= 4 is 10.8 Å². The first-order valence-corrected chi connectivity index (χ1v) is 4.53. The first-order valence-electron chi connectivity index (χ1n) is 3.04. The molecule has 1 aliphatic rings. The molecule has 0 radical (unpaired) electrons. The lowest BCUT2D eigenvalue weighted by molar-refractivity contribution is 0.412. The summed E-state index contributed by atoms with van der Waals surface area (Å²) in [6.07, 6.45) is 1.82. The fraction of sp³-hybridized carbons (Fsp3) is 0.667. The molecule has 0 aromatic rings. The van der Waals surface area contributed by atoms with E-state index in [2.05, 4.69) is 11.5 Å². The number of hydrogen-bond donors (Lipinski definition) is 0. The van der Waals surface area contributed by atoms with E-state index in [1.807, 2.05) is 6.20 Å². The minimum absolute atomic E-state index is 0.552. The predicted octanol–water partition coefficient (Wildman–Crippen LogP) is 0.194. The van der Waals surface area contributed by atoms with Crippen LogP contribution in [0.1, 0.15) is 0 Å². The third-order valence-electron chi connectivity index (χ3n) is 1.47. The Morgan fingerprint density at radius 2 is 2.00 bits per heavy atom. The van der Waals surface area contributed by atoms with Crippen molar-refractivity contribution in [2.75, 3.05) is 24.6 Å². The van der Waals surface area contributed by atoms with E-state index in [1.165, 1.54) is 0 Å². The summed E-state index contributed by atoms with van der Waals surface area (Å²) in [6, 6.07) is 0. The van der Waals surface area contributed by atoms with Crippen LogP contribution < -0.4 is 0 Å². The van der Waals surface area contributed by atoms with Crippen molar-refractivity contribution in [3.05, 3.63) is 12.8 Å². The minimum atomic E-state index is -0.552. The zero-order valence-electron chi connectivity index (χ0n) is 5.38. The highest BCUT2D eigenvalue weighted by atomic mass is 32.2. The second kappa shape index (κ2) is 3.01. The average Bonchev–Trinajstić information content (AvgIpc) is 1.90. The van der Waals surface area contributed by atoms with Crippen molar-refractivity contribution in [1.29, 1.82) is 0 Å². The van der Waals surface area contributed by atoms with E-state index in [-0.39, 0.29) is 0 Å². The number of rotatable bonds is 1. The molecule has 1 saturated heterocycles. The van der Waals surface area contributed by atoms with Gasteiger partial charge in [-0.2, -0.15) is 0 Å². The topological polar surface area (TPSA) is 20.3 Å². The Morgan fingerprint density at radius 1 is 1.44 bits per heavy atom. The molecule has 0 saturated carbocycles. The van der Waals surface area contributed by atoms with Crippen LogP contribution in [-0.4, -0.2) is 33.7 Å². The second-order valence-corrected chi connectivity index (χ2v) is 3.76. The summed E-state index contributed by atoms with van der Waals surface area (Å²) in [6.45, 7) is 5.46. The zero-order chi connectivity index (χ0) is 6.69. The van der Waals surface area contributed by atoms with Gasteiger partial charge in [0.05, 0.1) is 0 Å². The van der Waals surface area contributed by atoms with Gasteiger partial charge < -0.3 is 4.90 Å². The summed E-state index contributed by atoms with van der Waals surface area (Å²) in [5.74, 6) is 1.62. The standard InChI is InChI=1S/C6H11NOS/c1-2-7-3-5-9(8)6-4-7/h2H,1,3-6H2. The summed E-state index contributed by atoms with van der Waals surface area (Å²) < 4.78 is 10.8. The van der Waals surface area contributed by atoms with E-state index in [4.69, 9.17) is 0 Å². The van der Waals surface area contributed by atoms with Crippen molar-refractivity contribution in [2.45, 2.75) is 0 Å². The Morgan fingerprint density at radius 3 is 2.44 bits per heavy atom. The molecule has 9 heavy (non-hydrogen) atoms. The van der Waals surface area contributed by atoms with Crippen molar-refractivity contribution in [3.8, 4) is 0 Å². The first kappa shape index (κ1) is 6.81. The summed E-state index contributed by atoms with van der Waals surface area (Å²) in [5.41, 5.74) is 0. The smallest absolute Gasteiger partial charge is 0.0411 e. The maximum atomic E-state index is 10.8. The van der Waals surface area contributed by atoms with Crippen LogP contribution in [0.5, 0.6) is 0 Å². The van der Waals surface area contributed by atoms with Crippen molar-refractivity contribution in [2.24, 2.45) is 0 Å².